The molecule has 1 aliphatic rings. The fraction of sp³-hybridized carbons (Fsp3) is 0.579. The van der Waals surface area contributed by atoms with Gasteiger partial charge in [-0.05, 0) is 33.3 Å². The Balaban J connectivity index is 2.36. The number of rotatable bonds is 5. The second-order valence-corrected chi connectivity index (χ2v) is 7.60. The first kappa shape index (κ1) is 19.4. The highest BCUT2D eigenvalue weighted by Crippen LogP contribution is 2.42. The summed E-state index contributed by atoms with van der Waals surface area (Å²) < 4.78 is 5.44. The van der Waals surface area contributed by atoms with Gasteiger partial charge in [-0.15, -0.1) is 0 Å². The van der Waals surface area contributed by atoms with Gasteiger partial charge in [0.2, 0.25) is 5.91 Å². The molecule has 0 aromatic heterocycles. The van der Waals surface area contributed by atoms with Gasteiger partial charge in [0.25, 0.3) is 0 Å². The highest BCUT2D eigenvalue weighted by molar-refractivity contribution is 5.92. The Hall–Kier alpha value is -1.92. The fourth-order valence-electron chi connectivity index (χ4n) is 3.23. The first-order valence-corrected chi connectivity index (χ1v) is 8.47. The number of esters is 1. The van der Waals surface area contributed by atoms with E-state index in [2.05, 4.69) is 0 Å². The van der Waals surface area contributed by atoms with E-state index in [1.165, 1.54) is 4.90 Å². The van der Waals surface area contributed by atoms with Crippen molar-refractivity contribution in [3.05, 3.63) is 35.9 Å². The Labute approximate surface area is 148 Å². The van der Waals surface area contributed by atoms with Crippen molar-refractivity contribution in [3.8, 4) is 0 Å². The minimum absolute atomic E-state index is 0.0124. The van der Waals surface area contributed by atoms with E-state index in [-0.39, 0.29) is 18.5 Å². The van der Waals surface area contributed by atoms with E-state index in [9.17, 15) is 19.8 Å². The van der Waals surface area contributed by atoms with Crippen LogP contribution in [0, 0.1) is 11.3 Å². The Morgan fingerprint density at radius 3 is 2.40 bits per heavy atom. The first-order chi connectivity index (χ1) is 11.7. The van der Waals surface area contributed by atoms with Crippen molar-refractivity contribution in [2.45, 2.75) is 39.3 Å². The summed E-state index contributed by atoms with van der Waals surface area (Å²) in [7, 11) is 0. The van der Waals surface area contributed by atoms with E-state index in [1.54, 1.807) is 20.8 Å². The van der Waals surface area contributed by atoms with E-state index in [0.29, 0.717) is 0 Å². The van der Waals surface area contributed by atoms with Crippen LogP contribution in [0.1, 0.15) is 39.3 Å². The van der Waals surface area contributed by atoms with Gasteiger partial charge in [0.15, 0.2) is 0 Å². The van der Waals surface area contributed by atoms with Gasteiger partial charge in [-0.25, -0.2) is 0 Å². The van der Waals surface area contributed by atoms with Crippen LogP contribution in [-0.4, -0.2) is 52.3 Å². The lowest BCUT2D eigenvalue weighted by atomic mass is 9.78. The van der Waals surface area contributed by atoms with Gasteiger partial charge in [0.05, 0.1) is 25.2 Å². The number of benzene rings is 1. The minimum atomic E-state index is -1.46. The molecule has 2 N–H and O–H groups in total. The maximum absolute atomic E-state index is 12.8. The van der Waals surface area contributed by atoms with Crippen LogP contribution in [0.3, 0.4) is 0 Å². The summed E-state index contributed by atoms with van der Waals surface area (Å²) in [5, 5.41) is 19.7. The molecule has 1 saturated heterocycles. The molecule has 2 rings (SSSR count). The van der Waals surface area contributed by atoms with Crippen LogP contribution >= 0.6 is 0 Å². The van der Waals surface area contributed by atoms with Crippen molar-refractivity contribution < 1.29 is 24.5 Å². The molecule has 3 atom stereocenters. The monoisotopic (exact) mass is 349 g/mol. The van der Waals surface area contributed by atoms with Gasteiger partial charge in [0.1, 0.15) is 11.0 Å². The molecule has 138 valence electrons. The molecule has 0 saturated carbocycles. The number of amides is 1. The van der Waals surface area contributed by atoms with Crippen molar-refractivity contribution in [3.63, 3.8) is 0 Å². The number of hydrogen-bond donors (Lipinski definition) is 2. The number of hydrogen-bond acceptors (Lipinski definition) is 5. The quantitative estimate of drug-likeness (QED) is 0.787. The molecule has 25 heavy (non-hydrogen) atoms. The minimum Gasteiger partial charge on any atom is -0.459 e. The number of aliphatic hydroxyl groups excluding tert-OH is 2. The van der Waals surface area contributed by atoms with Gasteiger partial charge in [-0.3, -0.25) is 9.59 Å². The Morgan fingerprint density at radius 2 is 1.92 bits per heavy atom. The lowest BCUT2D eigenvalue weighted by Crippen LogP contribution is -2.47. The summed E-state index contributed by atoms with van der Waals surface area (Å²) in [5.41, 5.74) is -1.28. The maximum atomic E-state index is 12.8. The third kappa shape index (κ3) is 3.70. The number of carbonyl (C=O) groups excluding carboxylic acids is 2. The average molecular weight is 349 g/mol. The van der Waals surface area contributed by atoms with Crippen LogP contribution in [0.4, 0.5) is 0 Å². The highest BCUT2D eigenvalue weighted by Gasteiger charge is 2.59. The molecular weight excluding hydrogens is 322 g/mol. The maximum Gasteiger partial charge on any atom is 0.317 e. The predicted molar refractivity (Wildman–Crippen MR) is 92.5 cm³/mol. The highest BCUT2D eigenvalue weighted by atomic mass is 16.6. The van der Waals surface area contributed by atoms with Crippen molar-refractivity contribution in [1.82, 2.24) is 4.90 Å². The molecule has 2 unspecified atom stereocenters. The molecule has 6 heteroatoms. The molecule has 1 amide bonds. The van der Waals surface area contributed by atoms with Crippen LogP contribution in [0.5, 0.6) is 0 Å². The zero-order chi connectivity index (χ0) is 18.8. The molecule has 1 aliphatic heterocycles. The lowest BCUT2D eigenvalue weighted by molar-refractivity contribution is -0.174. The molecule has 6 nitrogen and oxygen atoms in total. The molecule has 0 radical (unpaired) electrons. The summed E-state index contributed by atoms with van der Waals surface area (Å²) >= 11 is 0. The van der Waals surface area contributed by atoms with Crippen molar-refractivity contribution in [2.75, 3.05) is 19.8 Å². The molecule has 1 aromatic rings. The second kappa shape index (κ2) is 7.14. The fourth-order valence-corrected chi connectivity index (χ4v) is 3.23. The van der Waals surface area contributed by atoms with Crippen LogP contribution in [0.25, 0.3) is 0 Å². The van der Waals surface area contributed by atoms with Gasteiger partial charge >= 0.3 is 5.97 Å². The van der Waals surface area contributed by atoms with E-state index in [1.807, 2.05) is 37.3 Å². The lowest BCUT2D eigenvalue weighted by Gasteiger charge is -2.32. The predicted octanol–water partition coefficient (Wildman–Crippen LogP) is 1.52. The van der Waals surface area contributed by atoms with E-state index < -0.39 is 36.1 Å². The summed E-state index contributed by atoms with van der Waals surface area (Å²) in [4.78, 5) is 27.1. The molecule has 0 bridgehead atoms. The Kier molecular flexibility index (Phi) is 5.54. The zero-order valence-corrected chi connectivity index (χ0v) is 15.2. The average Bonchev–Trinajstić information content (AvgIpc) is 2.86. The molecule has 1 heterocycles. The first-order valence-electron chi connectivity index (χ1n) is 8.47. The largest absolute Gasteiger partial charge is 0.459 e. The normalized spacial score (nSPS) is 25.1. The summed E-state index contributed by atoms with van der Waals surface area (Å²) in [6, 6.07) is 9.17. The third-order valence-corrected chi connectivity index (χ3v) is 4.72. The topological polar surface area (TPSA) is 87.1 Å². The number of carbonyl (C=O) groups is 2. The van der Waals surface area contributed by atoms with Crippen LogP contribution < -0.4 is 0 Å². The number of likely N-dealkylation sites (tertiary alicyclic amines) is 1. The summed E-state index contributed by atoms with van der Waals surface area (Å²) in [6.07, 6.45) is 0. The van der Waals surface area contributed by atoms with E-state index >= 15 is 0 Å². The number of ether oxygens (including phenoxy) is 1. The van der Waals surface area contributed by atoms with Crippen molar-refractivity contribution in [1.29, 1.82) is 0 Å². The number of nitrogens with zero attached hydrogens (tertiary/aromatic N) is 1. The number of aliphatic hydroxyl groups is 2. The van der Waals surface area contributed by atoms with Crippen molar-refractivity contribution in [2.24, 2.45) is 11.3 Å². The SMILES string of the molecule is C[C@H](c1ccccc1)N1CC(CO)(C(=O)OC(C)(C)C)C(CO)C1=O. The molecule has 1 fully saturated rings. The van der Waals surface area contributed by atoms with Crippen molar-refractivity contribution >= 4 is 11.9 Å². The standard InChI is InChI=1S/C19H27NO5/c1-13(14-8-6-5-7-9-14)20-11-19(12-22,15(10-21)16(20)23)17(24)25-18(2,3)4/h5-9,13,15,21-22H,10-12H2,1-4H3/t13-,15?,19?/m1/s1. The Bertz CT molecular complexity index is 624. The zero-order valence-electron chi connectivity index (χ0n) is 15.2. The van der Waals surface area contributed by atoms with E-state index in [0.717, 1.165) is 5.56 Å². The van der Waals surface area contributed by atoms with Gasteiger partial charge < -0.3 is 19.8 Å². The molecule has 0 aliphatic carbocycles. The van der Waals surface area contributed by atoms with Crippen LogP contribution in [-0.2, 0) is 14.3 Å². The van der Waals surface area contributed by atoms with Gasteiger partial charge in [0, 0.05) is 6.54 Å². The third-order valence-electron chi connectivity index (χ3n) is 4.72. The van der Waals surface area contributed by atoms with E-state index in [4.69, 9.17) is 4.74 Å². The summed E-state index contributed by atoms with van der Waals surface area (Å²) in [5.74, 6) is -2.02. The smallest absolute Gasteiger partial charge is 0.317 e. The second-order valence-electron chi connectivity index (χ2n) is 7.60. The van der Waals surface area contributed by atoms with Gasteiger partial charge in [-0.1, -0.05) is 30.3 Å². The van der Waals surface area contributed by atoms with Gasteiger partial charge in [-0.2, -0.15) is 0 Å². The van der Waals surface area contributed by atoms with Crippen LogP contribution in [0.15, 0.2) is 30.3 Å². The Morgan fingerprint density at radius 1 is 1.32 bits per heavy atom. The summed E-state index contributed by atoms with van der Waals surface area (Å²) in [6.45, 7) is 5.98. The molecular formula is C19H27NO5. The molecule has 1 aromatic carbocycles. The van der Waals surface area contributed by atoms with Crippen LogP contribution in [0.2, 0.25) is 0 Å². The molecule has 0 spiro atoms.